The van der Waals surface area contributed by atoms with Gasteiger partial charge in [-0.05, 0) is 13.0 Å². The van der Waals surface area contributed by atoms with E-state index < -0.39 is 10.8 Å². The fraction of sp³-hybridized carbons (Fsp3) is 0.444. The second kappa shape index (κ2) is 5.27. The fourth-order valence-corrected chi connectivity index (χ4v) is 2.25. The van der Waals surface area contributed by atoms with Crippen molar-refractivity contribution in [3.63, 3.8) is 0 Å². The predicted octanol–water partition coefficient (Wildman–Crippen LogP) is 0.747. The number of nitrogens with two attached hydrogens (primary N) is 1. The average molecular weight is 246 g/mol. The van der Waals surface area contributed by atoms with E-state index in [1.54, 1.807) is 12.3 Å². The third kappa shape index (κ3) is 3.64. The van der Waals surface area contributed by atoms with E-state index in [4.69, 9.17) is 5.73 Å². The smallest absolute Gasteiger partial charge is 0.261 e. The molecule has 4 nitrogen and oxygen atoms in total. The summed E-state index contributed by atoms with van der Waals surface area (Å²) in [4.78, 5) is 13.1. The van der Waals surface area contributed by atoms with Crippen LogP contribution in [-0.4, -0.2) is 28.7 Å². The van der Waals surface area contributed by atoms with Crippen molar-refractivity contribution in [1.29, 1.82) is 0 Å². The Labute approximate surface area is 95.3 Å². The van der Waals surface area contributed by atoms with E-state index in [1.165, 1.54) is 11.3 Å². The molecule has 0 aliphatic carbocycles. The highest BCUT2D eigenvalue weighted by Crippen LogP contribution is 2.22. The second-order valence-electron chi connectivity index (χ2n) is 3.16. The number of amides is 1. The molecule has 0 bridgehead atoms. The first-order valence-electron chi connectivity index (χ1n) is 4.45. The number of rotatable bonds is 4. The maximum absolute atomic E-state index is 11.5. The molecule has 0 radical (unpaired) electrons. The number of anilines is 1. The highest BCUT2D eigenvalue weighted by atomic mass is 32.2. The number of thiophene rings is 1. The van der Waals surface area contributed by atoms with Gasteiger partial charge in [0.25, 0.3) is 5.91 Å². The molecule has 1 unspecified atom stereocenters. The Kier molecular flexibility index (Phi) is 4.28. The lowest BCUT2D eigenvalue weighted by molar-refractivity contribution is 0.0960. The van der Waals surface area contributed by atoms with Gasteiger partial charge in [-0.2, -0.15) is 0 Å². The number of nitrogen functional groups attached to an aromatic ring is 1. The lowest BCUT2D eigenvalue weighted by atomic mass is 10.3. The number of hydrogen-bond donors (Lipinski definition) is 2. The highest BCUT2D eigenvalue weighted by Gasteiger charge is 2.10. The van der Waals surface area contributed by atoms with E-state index in [0.717, 1.165) is 4.88 Å². The third-order valence-electron chi connectivity index (χ3n) is 1.86. The highest BCUT2D eigenvalue weighted by molar-refractivity contribution is 7.84. The molecule has 0 saturated carbocycles. The van der Waals surface area contributed by atoms with Crippen molar-refractivity contribution in [2.45, 2.75) is 6.92 Å². The maximum Gasteiger partial charge on any atom is 0.261 e. The minimum atomic E-state index is -0.874. The summed E-state index contributed by atoms with van der Waals surface area (Å²) >= 11 is 1.37. The molecule has 15 heavy (non-hydrogen) atoms. The minimum Gasteiger partial charge on any atom is -0.398 e. The Morgan fingerprint density at radius 2 is 2.33 bits per heavy atom. The van der Waals surface area contributed by atoms with Crippen molar-refractivity contribution in [2.75, 3.05) is 24.3 Å². The molecule has 0 fully saturated rings. The normalized spacial score (nSPS) is 12.4. The third-order valence-corrected chi connectivity index (χ3v) is 3.70. The molecule has 1 rings (SSSR count). The molecule has 1 atom stereocenters. The SMILES string of the molecule is Cc1sc(C(=O)NCCS(C)=O)cc1N. The molecule has 0 aliphatic heterocycles. The Balaban J connectivity index is 2.50. The number of nitrogens with one attached hydrogen (secondary N) is 1. The van der Waals surface area contributed by atoms with Crippen LogP contribution in [0.15, 0.2) is 6.07 Å². The Hall–Kier alpha value is -0.880. The molecular weight excluding hydrogens is 232 g/mol. The first-order chi connectivity index (χ1) is 7.00. The van der Waals surface area contributed by atoms with Crippen LogP contribution in [0.5, 0.6) is 0 Å². The first-order valence-corrected chi connectivity index (χ1v) is 6.99. The molecule has 0 aromatic carbocycles. The molecule has 0 aliphatic rings. The molecule has 1 aromatic rings. The van der Waals surface area contributed by atoms with Crippen LogP contribution < -0.4 is 11.1 Å². The van der Waals surface area contributed by atoms with Gasteiger partial charge in [-0.1, -0.05) is 0 Å². The van der Waals surface area contributed by atoms with Gasteiger partial charge < -0.3 is 11.1 Å². The van der Waals surface area contributed by atoms with Crippen LogP contribution in [0.4, 0.5) is 5.69 Å². The van der Waals surface area contributed by atoms with Crippen LogP contribution >= 0.6 is 11.3 Å². The van der Waals surface area contributed by atoms with Crippen LogP contribution in [0, 0.1) is 6.92 Å². The van der Waals surface area contributed by atoms with Crippen molar-refractivity contribution in [3.05, 3.63) is 15.8 Å². The summed E-state index contributed by atoms with van der Waals surface area (Å²) in [6, 6.07) is 1.66. The van der Waals surface area contributed by atoms with Gasteiger partial charge >= 0.3 is 0 Å². The van der Waals surface area contributed by atoms with Crippen molar-refractivity contribution < 1.29 is 9.00 Å². The average Bonchev–Trinajstić information content (AvgIpc) is 2.46. The van der Waals surface area contributed by atoms with Crippen LogP contribution in [0.2, 0.25) is 0 Å². The molecule has 1 heterocycles. The van der Waals surface area contributed by atoms with Gasteiger partial charge in [0.15, 0.2) is 0 Å². The van der Waals surface area contributed by atoms with Gasteiger partial charge in [-0.3, -0.25) is 9.00 Å². The van der Waals surface area contributed by atoms with E-state index in [2.05, 4.69) is 5.32 Å². The Bertz CT molecular complexity index is 368. The molecule has 1 amide bonds. The van der Waals surface area contributed by atoms with E-state index in [0.29, 0.717) is 22.9 Å². The summed E-state index contributed by atoms with van der Waals surface area (Å²) < 4.78 is 10.8. The quantitative estimate of drug-likeness (QED) is 0.823. The van der Waals surface area contributed by atoms with E-state index >= 15 is 0 Å². The van der Waals surface area contributed by atoms with Gasteiger partial charge in [0.05, 0.1) is 4.88 Å². The van der Waals surface area contributed by atoms with Crippen molar-refractivity contribution >= 4 is 33.7 Å². The van der Waals surface area contributed by atoms with Gasteiger partial charge in [0.1, 0.15) is 0 Å². The van der Waals surface area contributed by atoms with Gasteiger partial charge in [0, 0.05) is 39.9 Å². The van der Waals surface area contributed by atoms with Crippen LogP contribution in [-0.2, 0) is 10.8 Å². The Morgan fingerprint density at radius 3 is 2.80 bits per heavy atom. The molecule has 1 aromatic heterocycles. The van der Waals surface area contributed by atoms with Crippen molar-refractivity contribution in [3.8, 4) is 0 Å². The number of hydrogen-bond acceptors (Lipinski definition) is 4. The summed E-state index contributed by atoms with van der Waals surface area (Å²) in [5, 5.41) is 2.69. The van der Waals surface area contributed by atoms with Gasteiger partial charge in [-0.15, -0.1) is 11.3 Å². The Morgan fingerprint density at radius 1 is 1.67 bits per heavy atom. The second-order valence-corrected chi connectivity index (χ2v) is 5.97. The summed E-state index contributed by atoms with van der Waals surface area (Å²) in [6.07, 6.45) is 1.61. The minimum absolute atomic E-state index is 0.148. The van der Waals surface area contributed by atoms with Crippen molar-refractivity contribution in [1.82, 2.24) is 5.32 Å². The first kappa shape index (κ1) is 12.2. The number of aryl methyl sites for hydroxylation is 1. The molecule has 84 valence electrons. The number of carbonyl (C=O) groups excluding carboxylic acids is 1. The fourth-order valence-electron chi connectivity index (χ4n) is 1.00. The standard InChI is InChI=1S/C9H14N2O2S2/c1-6-7(10)5-8(14-6)9(12)11-3-4-15(2)13/h5H,3-4,10H2,1-2H3,(H,11,12). The van der Waals surface area contributed by atoms with Crippen LogP contribution in [0.1, 0.15) is 14.5 Å². The van der Waals surface area contributed by atoms with Crippen LogP contribution in [0.25, 0.3) is 0 Å². The summed E-state index contributed by atoms with van der Waals surface area (Å²) in [6.45, 7) is 2.30. The van der Waals surface area contributed by atoms with Gasteiger partial charge in [-0.25, -0.2) is 0 Å². The summed E-state index contributed by atoms with van der Waals surface area (Å²) in [5.41, 5.74) is 6.28. The molecular formula is C9H14N2O2S2. The van der Waals surface area contributed by atoms with E-state index in [-0.39, 0.29) is 5.91 Å². The maximum atomic E-state index is 11.5. The predicted molar refractivity (Wildman–Crippen MR) is 64.7 cm³/mol. The molecule has 3 N–H and O–H groups in total. The molecule has 6 heteroatoms. The zero-order valence-corrected chi connectivity index (χ0v) is 10.3. The largest absolute Gasteiger partial charge is 0.398 e. The van der Waals surface area contributed by atoms with Gasteiger partial charge in [0.2, 0.25) is 0 Å². The molecule has 0 saturated heterocycles. The lowest BCUT2D eigenvalue weighted by Gasteiger charge is -2.00. The lowest BCUT2D eigenvalue weighted by Crippen LogP contribution is -2.26. The topological polar surface area (TPSA) is 72.2 Å². The van der Waals surface area contributed by atoms with Crippen molar-refractivity contribution in [2.24, 2.45) is 0 Å². The summed E-state index contributed by atoms with van der Waals surface area (Å²) in [5.74, 6) is 0.330. The van der Waals surface area contributed by atoms with E-state index in [9.17, 15) is 9.00 Å². The monoisotopic (exact) mass is 246 g/mol. The van der Waals surface area contributed by atoms with E-state index in [1.807, 2.05) is 6.92 Å². The number of carbonyl (C=O) groups is 1. The molecule has 0 spiro atoms. The zero-order valence-electron chi connectivity index (χ0n) is 8.70. The van der Waals surface area contributed by atoms with Crippen LogP contribution in [0.3, 0.4) is 0 Å². The zero-order chi connectivity index (χ0) is 11.4. The summed E-state index contributed by atoms with van der Waals surface area (Å²) in [7, 11) is -0.874.